The lowest BCUT2D eigenvalue weighted by atomic mass is 9.98. The van der Waals surface area contributed by atoms with E-state index < -0.39 is 0 Å². The van der Waals surface area contributed by atoms with Crippen LogP contribution in [-0.2, 0) is 6.42 Å². The molecule has 0 aliphatic heterocycles. The van der Waals surface area contributed by atoms with E-state index in [0.29, 0.717) is 0 Å². The van der Waals surface area contributed by atoms with Crippen molar-refractivity contribution < 1.29 is 0 Å². The predicted octanol–water partition coefficient (Wildman–Crippen LogP) is 4.12. The Labute approximate surface area is 108 Å². The number of hydrogen-bond donors (Lipinski definition) is 1. The van der Waals surface area contributed by atoms with Gasteiger partial charge in [0.15, 0.2) is 0 Å². The van der Waals surface area contributed by atoms with Gasteiger partial charge in [-0.25, -0.2) is 0 Å². The first kappa shape index (κ1) is 11.8. The van der Waals surface area contributed by atoms with Gasteiger partial charge in [0.25, 0.3) is 0 Å². The van der Waals surface area contributed by atoms with Crippen molar-refractivity contribution in [1.82, 2.24) is 0 Å². The van der Waals surface area contributed by atoms with E-state index in [1.807, 2.05) is 0 Å². The molecule has 0 saturated heterocycles. The molecule has 0 radical (unpaired) electrons. The number of rotatable bonds is 3. The van der Waals surface area contributed by atoms with Crippen LogP contribution in [0.3, 0.4) is 0 Å². The molecule has 1 heterocycles. The summed E-state index contributed by atoms with van der Waals surface area (Å²) in [6, 6.07) is 10.4. The van der Waals surface area contributed by atoms with Crippen molar-refractivity contribution in [3.8, 4) is 0 Å². The molecule has 0 amide bonds. The number of aryl methyl sites for hydroxylation is 1. The van der Waals surface area contributed by atoms with Gasteiger partial charge in [0, 0.05) is 9.35 Å². The molecule has 0 bridgehead atoms. The Balaban J connectivity index is 2.41. The molecule has 84 valence electrons. The Hall–Kier alpha value is -0.640. The highest BCUT2D eigenvalue weighted by Crippen LogP contribution is 2.32. The summed E-state index contributed by atoms with van der Waals surface area (Å²) in [6.45, 7) is 2.16. The van der Waals surface area contributed by atoms with Crippen LogP contribution in [0.15, 0.2) is 40.2 Å². The molecule has 0 aliphatic carbocycles. The van der Waals surface area contributed by atoms with Gasteiger partial charge in [0.2, 0.25) is 0 Å². The van der Waals surface area contributed by atoms with Crippen LogP contribution >= 0.6 is 27.3 Å². The van der Waals surface area contributed by atoms with Crippen LogP contribution in [0.2, 0.25) is 0 Å². The van der Waals surface area contributed by atoms with Gasteiger partial charge in [-0.3, -0.25) is 0 Å². The fourth-order valence-electron chi connectivity index (χ4n) is 1.83. The van der Waals surface area contributed by atoms with Crippen molar-refractivity contribution in [3.63, 3.8) is 0 Å². The van der Waals surface area contributed by atoms with E-state index in [1.165, 1.54) is 16.0 Å². The molecule has 0 saturated carbocycles. The molecule has 3 heteroatoms. The van der Waals surface area contributed by atoms with Gasteiger partial charge in [0.1, 0.15) is 0 Å². The number of benzene rings is 1. The SMILES string of the molecule is CCc1ccccc1C(N)c1sccc1Br. The van der Waals surface area contributed by atoms with Gasteiger partial charge in [-0.15, -0.1) is 11.3 Å². The summed E-state index contributed by atoms with van der Waals surface area (Å²) < 4.78 is 1.11. The lowest BCUT2D eigenvalue weighted by Gasteiger charge is -2.15. The van der Waals surface area contributed by atoms with Crippen molar-refractivity contribution in [2.75, 3.05) is 0 Å². The topological polar surface area (TPSA) is 26.0 Å². The number of thiophene rings is 1. The van der Waals surface area contributed by atoms with E-state index in [0.717, 1.165) is 10.9 Å². The smallest absolute Gasteiger partial charge is 0.0660 e. The van der Waals surface area contributed by atoms with Crippen molar-refractivity contribution in [1.29, 1.82) is 0 Å². The summed E-state index contributed by atoms with van der Waals surface area (Å²) in [5.74, 6) is 0. The zero-order chi connectivity index (χ0) is 11.5. The number of nitrogens with two attached hydrogens (primary N) is 1. The second-order valence-corrected chi connectivity index (χ2v) is 5.46. The molecule has 16 heavy (non-hydrogen) atoms. The molecule has 2 rings (SSSR count). The predicted molar refractivity (Wildman–Crippen MR) is 73.9 cm³/mol. The minimum absolute atomic E-state index is 0.0227. The quantitative estimate of drug-likeness (QED) is 0.906. The van der Waals surface area contributed by atoms with Gasteiger partial charge < -0.3 is 5.73 Å². The maximum atomic E-state index is 6.32. The summed E-state index contributed by atoms with van der Waals surface area (Å²) in [4.78, 5) is 1.20. The third-order valence-corrected chi connectivity index (χ3v) is 4.65. The van der Waals surface area contributed by atoms with Crippen LogP contribution in [0, 0.1) is 0 Å². The average molecular weight is 296 g/mol. The van der Waals surface area contributed by atoms with Gasteiger partial charge >= 0.3 is 0 Å². The van der Waals surface area contributed by atoms with E-state index in [1.54, 1.807) is 11.3 Å². The lowest BCUT2D eigenvalue weighted by molar-refractivity contribution is 0.864. The molecular formula is C13H14BrNS. The Kier molecular flexibility index (Phi) is 3.79. The fraction of sp³-hybridized carbons (Fsp3) is 0.231. The number of hydrogen-bond acceptors (Lipinski definition) is 2. The summed E-state index contributed by atoms with van der Waals surface area (Å²) in [5, 5.41) is 2.06. The normalized spacial score (nSPS) is 12.7. The maximum Gasteiger partial charge on any atom is 0.0660 e. The second-order valence-electron chi connectivity index (χ2n) is 3.66. The second kappa shape index (κ2) is 5.13. The lowest BCUT2D eigenvalue weighted by Crippen LogP contribution is -2.12. The third-order valence-electron chi connectivity index (χ3n) is 2.70. The highest BCUT2D eigenvalue weighted by Gasteiger charge is 2.15. The molecule has 1 unspecified atom stereocenters. The van der Waals surface area contributed by atoms with Gasteiger partial charge in [0.05, 0.1) is 6.04 Å². The van der Waals surface area contributed by atoms with Crippen LogP contribution in [0.5, 0.6) is 0 Å². The molecule has 1 atom stereocenters. The summed E-state index contributed by atoms with van der Waals surface area (Å²) in [5.41, 5.74) is 8.88. The third kappa shape index (κ3) is 2.21. The van der Waals surface area contributed by atoms with E-state index in [9.17, 15) is 0 Å². The van der Waals surface area contributed by atoms with Crippen LogP contribution in [0.1, 0.15) is 29.0 Å². The minimum Gasteiger partial charge on any atom is -0.320 e. The fourth-order valence-corrected chi connectivity index (χ4v) is 3.47. The van der Waals surface area contributed by atoms with Crippen molar-refractivity contribution in [3.05, 3.63) is 56.2 Å². The molecule has 1 aromatic carbocycles. The summed E-state index contributed by atoms with van der Waals surface area (Å²) >= 11 is 5.24. The maximum absolute atomic E-state index is 6.32. The molecule has 2 N–H and O–H groups in total. The Bertz CT molecular complexity index is 478. The van der Waals surface area contributed by atoms with Crippen LogP contribution in [-0.4, -0.2) is 0 Å². The largest absolute Gasteiger partial charge is 0.320 e. The molecular weight excluding hydrogens is 282 g/mol. The van der Waals surface area contributed by atoms with Crippen LogP contribution < -0.4 is 5.73 Å². The Morgan fingerprint density at radius 2 is 2.06 bits per heavy atom. The van der Waals surface area contributed by atoms with Gasteiger partial charge in [-0.1, -0.05) is 31.2 Å². The first-order valence-corrected chi connectivity index (χ1v) is 6.97. The highest BCUT2D eigenvalue weighted by atomic mass is 79.9. The average Bonchev–Trinajstić information content (AvgIpc) is 2.74. The van der Waals surface area contributed by atoms with E-state index in [-0.39, 0.29) is 6.04 Å². The first-order valence-electron chi connectivity index (χ1n) is 5.30. The molecule has 0 fully saturated rings. The van der Waals surface area contributed by atoms with Gasteiger partial charge in [-0.05, 0) is 44.9 Å². The minimum atomic E-state index is -0.0227. The zero-order valence-electron chi connectivity index (χ0n) is 9.11. The van der Waals surface area contributed by atoms with Gasteiger partial charge in [-0.2, -0.15) is 0 Å². The molecule has 1 aromatic heterocycles. The van der Waals surface area contributed by atoms with Crippen molar-refractivity contribution >= 4 is 27.3 Å². The van der Waals surface area contributed by atoms with Crippen LogP contribution in [0.25, 0.3) is 0 Å². The summed E-state index contributed by atoms with van der Waals surface area (Å²) in [7, 11) is 0. The summed E-state index contributed by atoms with van der Waals surface area (Å²) in [6.07, 6.45) is 1.02. The first-order chi connectivity index (χ1) is 7.74. The highest BCUT2D eigenvalue weighted by molar-refractivity contribution is 9.10. The van der Waals surface area contributed by atoms with Crippen molar-refractivity contribution in [2.24, 2.45) is 5.73 Å². The Morgan fingerprint density at radius 1 is 1.31 bits per heavy atom. The molecule has 0 spiro atoms. The Morgan fingerprint density at radius 3 is 2.69 bits per heavy atom. The molecule has 2 aromatic rings. The van der Waals surface area contributed by atoms with E-state index in [2.05, 4.69) is 58.6 Å². The van der Waals surface area contributed by atoms with Crippen LogP contribution in [0.4, 0.5) is 0 Å². The van der Waals surface area contributed by atoms with E-state index >= 15 is 0 Å². The molecule has 1 nitrogen and oxygen atoms in total. The van der Waals surface area contributed by atoms with Crippen molar-refractivity contribution in [2.45, 2.75) is 19.4 Å². The monoisotopic (exact) mass is 295 g/mol. The standard InChI is InChI=1S/C13H14BrNS/c1-2-9-5-3-4-6-10(9)12(15)13-11(14)7-8-16-13/h3-8,12H,2,15H2,1H3. The zero-order valence-corrected chi connectivity index (χ0v) is 11.5. The molecule has 0 aliphatic rings. The number of halogens is 1. The van der Waals surface area contributed by atoms with E-state index in [4.69, 9.17) is 5.73 Å².